The van der Waals surface area contributed by atoms with Crippen LogP contribution in [0, 0.1) is 24.7 Å². The Kier molecular flexibility index (Phi) is 9.72. The molecule has 50 heavy (non-hydrogen) atoms. The summed E-state index contributed by atoms with van der Waals surface area (Å²) in [4.78, 5) is 65.3. The molecule has 4 aliphatic rings. The summed E-state index contributed by atoms with van der Waals surface area (Å²) in [5.74, 6) is -2.29. The summed E-state index contributed by atoms with van der Waals surface area (Å²) >= 11 is 1.48. The fraction of sp³-hybridized carbons (Fsp3) is 0.588. The van der Waals surface area contributed by atoms with Crippen molar-refractivity contribution in [2.45, 2.75) is 101 Å². The number of sulfonamides is 1. The molecule has 2 aliphatic heterocycles. The zero-order valence-corrected chi connectivity index (χ0v) is 30.2. The van der Waals surface area contributed by atoms with Crippen LogP contribution in [0.2, 0.25) is 0 Å². The van der Waals surface area contributed by atoms with Gasteiger partial charge in [-0.3, -0.25) is 24.1 Å². The van der Waals surface area contributed by atoms with Crippen LogP contribution in [0.4, 0.5) is 4.79 Å². The van der Waals surface area contributed by atoms with Gasteiger partial charge < -0.3 is 25.4 Å². The topological polar surface area (TPSA) is 197 Å². The summed E-state index contributed by atoms with van der Waals surface area (Å²) in [6, 6.07) is 1.13. The Labute approximate surface area is 295 Å². The number of allylic oxidation sites excluding steroid dienone is 1. The molecule has 0 spiro atoms. The molecule has 7 atom stereocenters. The van der Waals surface area contributed by atoms with Crippen molar-refractivity contribution in [1.82, 2.24) is 30.2 Å². The van der Waals surface area contributed by atoms with E-state index < -0.39 is 74.1 Å². The lowest BCUT2D eigenvalue weighted by molar-refractivity contribution is -0.142. The Hall–Kier alpha value is -4.05. The number of nitrogens with zero attached hydrogens (tertiary/aromatic N) is 3. The van der Waals surface area contributed by atoms with Gasteiger partial charge >= 0.3 is 6.09 Å². The summed E-state index contributed by atoms with van der Waals surface area (Å²) in [6.45, 7) is 7.34. The molecule has 2 aliphatic carbocycles. The number of aryl methyl sites for hydroxylation is 1. The Morgan fingerprint density at radius 3 is 2.62 bits per heavy atom. The van der Waals surface area contributed by atoms with Crippen molar-refractivity contribution in [2.24, 2.45) is 17.8 Å². The molecule has 1 unspecified atom stereocenters. The third kappa shape index (κ3) is 7.36. The lowest BCUT2D eigenvalue weighted by Crippen LogP contribution is -2.59. The Bertz CT molecular complexity index is 1810. The van der Waals surface area contributed by atoms with E-state index in [-0.39, 0.29) is 25.3 Å². The second-order valence-corrected chi connectivity index (χ2v) is 18.0. The molecule has 0 bridgehead atoms. The molecule has 1 saturated heterocycles. The first-order valence-corrected chi connectivity index (χ1v) is 19.3. The number of fused-ring (bicyclic) bond motifs is 2. The number of carbonyl (C=O) groups is 4. The predicted octanol–water partition coefficient (Wildman–Crippen LogP) is 3.38. The van der Waals surface area contributed by atoms with Crippen molar-refractivity contribution in [3.63, 3.8) is 0 Å². The molecule has 2 saturated carbocycles. The first kappa shape index (κ1) is 35.8. The van der Waals surface area contributed by atoms with Crippen LogP contribution < -0.4 is 20.1 Å². The van der Waals surface area contributed by atoms with Gasteiger partial charge in [0.15, 0.2) is 0 Å². The second kappa shape index (κ2) is 13.6. The summed E-state index contributed by atoms with van der Waals surface area (Å²) in [7, 11) is -3.99. The van der Waals surface area contributed by atoms with E-state index in [1.807, 2.05) is 32.9 Å². The number of pyridine rings is 1. The molecule has 0 radical (unpaired) electrons. The highest BCUT2D eigenvalue weighted by Gasteiger charge is 2.63. The molecule has 4 amide bonds. The largest absolute Gasteiger partial charge is 0.488 e. The fourth-order valence-corrected chi connectivity index (χ4v) is 9.04. The van der Waals surface area contributed by atoms with E-state index in [4.69, 9.17) is 4.74 Å². The number of nitrogens with one attached hydrogen (secondary N) is 3. The van der Waals surface area contributed by atoms with Crippen LogP contribution in [0.15, 0.2) is 36.7 Å². The van der Waals surface area contributed by atoms with E-state index in [1.54, 1.807) is 31.5 Å². The molecule has 14 nitrogen and oxygen atoms in total. The highest BCUT2D eigenvalue weighted by Crippen LogP contribution is 2.47. The van der Waals surface area contributed by atoms with Crippen molar-refractivity contribution in [3.05, 3.63) is 41.6 Å². The number of thiazole rings is 1. The number of hydrogen-bond donors (Lipinski definition) is 4. The third-order valence-corrected chi connectivity index (χ3v) is 13.5. The molecule has 0 aromatic carbocycles. The van der Waals surface area contributed by atoms with E-state index in [1.165, 1.54) is 16.2 Å². The molecule has 3 fully saturated rings. The lowest BCUT2D eigenvalue weighted by atomic mass is 9.88. The molecule has 2 aromatic heterocycles. The Morgan fingerprint density at radius 2 is 1.94 bits per heavy atom. The molecule has 6 rings (SSSR count). The minimum Gasteiger partial charge on any atom is -0.488 e. The molecule has 270 valence electrons. The number of amides is 4. The summed E-state index contributed by atoms with van der Waals surface area (Å²) < 4.78 is 33.7. The van der Waals surface area contributed by atoms with Crippen molar-refractivity contribution in [2.75, 3.05) is 6.54 Å². The summed E-state index contributed by atoms with van der Waals surface area (Å²) in [5, 5.41) is 15.7. The monoisotopic (exact) mass is 728 g/mol. The fourth-order valence-electron chi connectivity index (χ4n) is 7.00. The first-order chi connectivity index (χ1) is 23.6. The van der Waals surface area contributed by atoms with Crippen LogP contribution in [-0.4, -0.2) is 87.2 Å². The van der Waals surface area contributed by atoms with Crippen molar-refractivity contribution < 1.29 is 37.4 Å². The van der Waals surface area contributed by atoms with Crippen LogP contribution in [-0.2, 0) is 24.4 Å². The van der Waals surface area contributed by atoms with Gasteiger partial charge in [-0.05, 0) is 70.3 Å². The van der Waals surface area contributed by atoms with Gasteiger partial charge in [0.2, 0.25) is 21.8 Å². The molecule has 4 heterocycles. The number of carboxylic acid groups (broad SMARTS) is 1. The van der Waals surface area contributed by atoms with E-state index in [2.05, 4.69) is 25.3 Å². The molecular formula is C34H44N6O8S2. The molecular weight excluding hydrogens is 685 g/mol. The second-order valence-electron chi connectivity index (χ2n) is 14.5. The minimum absolute atomic E-state index is 0.0275. The quantitative estimate of drug-likeness (QED) is 0.307. The average molecular weight is 729 g/mol. The first-order valence-electron chi connectivity index (χ1n) is 17.0. The standard InChI is InChI=1S/C34H44N6O8S2/c1-19-7-5-6-8-22-16-34(22,31(43)39-50(46,47)33(4)10-11-33)38-28(41)26-15-24(18-40(26)30(42)27(20(2)13-19)37-32(44)45)48-23-9-12-35-25(14-23)29-36-17-21(3)49-29/h6,8-9,12,14,17,19-20,22,24,26-27,37H,5,7,10-11,13,15-16,18H2,1-4H3,(H,38,41)(H,39,43)(H,44,45)/b8-6-/t19-,20-,22?,24-,26+,27+,34-/m1/s1. The number of aromatic nitrogens is 2. The average Bonchev–Trinajstić information content (AvgIpc) is 3.85. The maximum Gasteiger partial charge on any atom is 0.405 e. The van der Waals surface area contributed by atoms with Crippen LogP contribution >= 0.6 is 11.3 Å². The van der Waals surface area contributed by atoms with Crippen LogP contribution in [0.3, 0.4) is 0 Å². The maximum atomic E-state index is 14.3. The van der Waals surface area contributed by atoms with E-state index in [9.17, 15) is 32.7 Å². The molecule has 2 aromatic rings. The van der Waals surface area contributed by atoms with E-state index in [0.717, 1.165) is 11.3 Å². The van der Waals surface area contributed by atoms with Gasteiger partial charge in [-0.2, -0.15) is 0 Å². The van der Waals surface area contributed by atoms with Crippen molar-refractivity contribution in [3.8, 4) is 16.5 Å². The number of hydrogen-bond acceptors (Lipinski definition) is 10. The molecule has 16 heteroatoms. The smallest absolute Gasteiger partial charge is 0.405 e. The van der Waals surface area contributed by atoms with E-state index >= 15 is 0 Å². The maximum absolute atomic E-state index is 14.3. The van der Waals surface area contributed by atoms with Crippen molar-refractivity contribution >= 4 is 45.2 Å². The van der Waals surface area contributed by atoms with Gasteiger partial charge in [-0.1, -0.05) is 26.0 Å². The van der Waals surface area contributed by atoms with Crippen LogP contribution in [0.5, 0.6) is 5.75 Å². The number of rotatable bonds is 7. The number of carbonyl (C=O) groups excluding carboxylic acids is 3. The van der Waals surface area contributed by atoms with Crippen LogP contribution in [0.25, 0.3) is 10.7 Å². The predicted molar refractivity (Wildman–Crippen MR) is 185 cm³/mol. The van der Waals surface area contributed by atoms with Gasteiger partial charge in [0.05, 0.1) is 11.3 Å². The highest BCUT2D eigenvalue weighted by molar-refractivity contribution is 7.91. The lowest BCUT2D eigenvalue weighted by Gasteiger charge is -2.32. The zero-order valence-electron chi connectivity index (χ0n) is 28.5. The molecule has 4 N–H and O–H groups in total. The van der Waals surface area contributed by atoms with Gasteiger partial charge in [0.1, 0.15) is 40.2 Å². The normalized spacial score (nSPS) is 31.6. The Balaban J connectivity index is 1.31. The van der Waals surface area contributed by atoms with Gasteiger partial charge in [0.25, 0.3) is 5.91 Å². The third-order valence-electron chi connectivity index (χ3n) is 10.4. The van der Waals surface area contributed by atoms with Crippen LogP contribution in [0.1, 0.15) is 70.6 Å². The van der Waals surface area contributed by atoms with Gasteiger partial charge in [-0.25, -0.2) is 18.2 Å². The van der Waals surface area contributed by atoms with Gasteiger partial charge in [-0.15, -0.1) is 11.3 Å². The minimum atomic E-state index is -3.99. The Morgan fingerprint density at radius 1 is 1.18 bits per heavy atom. The highest BCUT2D eigenvalue weighted by atomic mass is 32.2. The summed E-state index contributed by atoms with van der Waals surface area (Å²) in [5.41, 5.74) is -0.921. The van der Waals surface area contributed by atoms with E-state index in [0.29, 0.717) is 42.1 Å². The van der Waals surface area contributed by atoms with Gasteiger partial charge in [0, 0.05) is 35.7 Å². The van der Waals surface area contributed by atoms with Crippen molar-refractivity contribution in [1.29, 1.82) is 0 Å². The number of ether oxygens (including phenoxy) is 1. The SMILES string of the molecule is Cc1cnc(-c2cc(O[C@@H]3C[C@H]4C(=O)N[C@]5(C(=O)NS(=O)(=O)C6(C)CC6)CC5/C=C\CC[C@@H](C)C[C@@H](C)[C@H](NC(=O)O)C(=O)N4C3)ccn2)s1. The zero-order chi connectivity index (χ0) is 36.0. The summed E-state index contributed by atoms with van der Waals surface area (Å²) in [6.07, 6.45) is 8.16.